The second-order valence-corrected chi connectivity index (χ2v) is 9.45. The summed E-state index contributed by atoms with van der Waals surface area (Å²) >= 11 is 0. The predicted octanol–water partition coefficient (Wildman–Crippen LogP) is 2.50. The highest BCUT2D eigenvalue weighted by Crippen LogP contribution is 2.27. The summed E-state index contributed by atoms with van der Waals surface area (Å²) in [5.41, 5.74) is 1.87. The Balaban J connectivity index is 1.42. The van der Waals surface area contributed by atoms with Gasteiger partial charge < -0.3 is 9.67 Å². The lowest BCUT2D eigenvalue weighted by molar-refractivity contribution is 0.0929. The molecule has 0 amide bonds. The quantitative estimate of drug-likeness (QED) is 0.669. The van der Waals surface area contributed by atoms with Crippen molar-refractivity contribution in [3.05, 3.63) is 65.9 Å². The average Bonchev–Trinajstić information content (AvgIpc) is 3.07. The van der Waals surface area contributed by atoms with Crippen LogP contribution in [-0.2, 0) is 17.1 Å². The molecule has 1 fully saturated rings. The van der Waals surface area contributed by atoms with Gasteiger partial charge in [0.15, 0.2) is 11.6 Å². The number of nitrogens with zero attached hydrogens (tertiary/aromatic N) is 3. The SMILES string of the molecule is Cn1cc([C@H](O)CN2CCN(S(=O)(=O)c3ccc(F)c(F)c3)CC2)c2ccccc21. The number of aliphatic hydroxyl groups is 1. The zero-order valence-corrected chi connectivity index (χ0v) is 17.3. The molecule has 30 heavy (non-hydrogen) atoms. The predicted molar refractivity (Wildman–Crippen MR) is 109 cm³/mol. The third kappa shape index (κ3) is 3.85. The van der Waals surface area contributed by atoms with Gasteiger partial charge in [-0.25, -0.2) is 17.2 Å². The number of hydrogen-bond donors (Lipinski definition) is 1. The minimum Gasteiger partial charge on any atom is -0.387 e. The molecule has 0 spiro atoms. The van der Waals surface area contributed by atoms with Crippen LogP contribution < -0.4 is 0 Å². The lowest BCUT2D eigenvalue weighted by Crippen LogP contribution is -2.49. The summed E-state index contributed by atoms with van der Waals surface area (Å²) < 4.78 is 55.3. The Morgan fingerprint density at radius 2 is 1.73 bits per heavy atom. The highest BCUT2D eigenvalue weighted by molar-refractivity contribution is 7.89. The molecular weight excluding hydrogens is 412 g/mol. The van der Waals surface area contributed by atoms with Crippen molar-refractivity contribution >= 4 is 20.9 Å². The first-order valence-electron chi connectivity index (χ1n) is 9.67. The number of aromatic nitrogens is 1. The average molecular weight is 435 g/mol. The first kappa shape index (κ1) is 20.9. The van der Waals surface area contributed by atoms with Gasteiger partial charge in [-0.05, 0) is 24.3 Å². The third-order valence-corrected chi connectivity index (χ3v) is 7.47. The van der Waals surface area contributed by atoms with Gasteiger partial charge in [-0.3, -0.25) is 4.90 Å². The van der Waals surface area contributed by atoms with Crippen molar-refractivity contribution in [2.45, 2.75) is 11.0 Å². The molecule has 6 nitrogen and oxygen atoms in total. The number of hydrogen-bond acceptors (Lipinski definition) is 4. The zero-order chi connectivity index (χ0) is 21.5. The van der Waals surface area contributed by atoms with Gasteiger partial charge in [-0.1, -0.05) is 18.2 Å². The van der Waals surface area contributed by atoms with E-state index >= 15 is 0 Å². The fourth-order valence-electron chi connectivity index (χ4n) is 3.92. The molecule has 0 bridgehead atoms. The number of para-hydroxylation sites is 1. The molecule has 2 aromatic carbocycles. The molecule has 1 N–H and O–H groups in total. The maximum absolute atomic E-state index is 13.5. The van der Waals surface area contributed by atoms with Crippen molar-refractivity contribution in [3.63, 3.8) is 0 Å². The van der Waals surface area contributed by atoms with Crippen molar-refractivity contribution in [2.75, 3.05) is 32.7 Å². The largest absolute Gasteiger partial charge is 0.387 e. The Morgan fingerprint density at radius 1 is 1.03 bits per heavy atom. The van der Waals surface area contributed by atoms with Crippen LogP contribution in [0.15, 0.2) is 53.6 Å². The van der Waals surface area contributed by atoms with Gasteiger partial charge in [0, 0.05) is 62.4 Å². The van der Waals surface area contributed by atoms with Gasteiger partial charge in [0.25, 0.3) is 0 Å². The van der Waals surface area contributed by atoms with Crippen molar-refractivity contribution in [1.29, 1.82) is 0 Å². The Bertz CT molecular complexity index is 1170. The maximum atomic E-state index is 13.5. The van der Waals surface area contributed by atoms with Crippen LogP contribution in [0.25, 0.3) is 10.9 Å². The van der Waals surface area contributed by atoms with E-state index in [0.29, 0.717) is 25.7 Å². The monoisotopic (exact) mass is 435 g/mol. The molecule has 1 aliphatic heterocycles. The minimum atomic E-state index is -3.90. The van der Waals surface area contributed by atoms with Gasteiger partial charge in [0.05, 0.1) is 11.0 Å². The van der Waals surface area contributed by atoms with Crippen molar-refractivity contribution in [2.24, 2.45) is 7.05 Å². The summed E-state index contributed by atoms with van der Waals surface area (Å²) in [6.07, 6.45) is 1.21. The second-order valence-electron chi connectivity index (χ2n) is 7.51. The van der Waals surface area contributed by atoms with Crippen molar-refractivity contribution in [3.8, 4) is 0 Å². The fourth-order valence-corrected chi connectivity index (χ4v) is 5.35. The molecule has 0 saturated carbocycles. The lowest BCUT2D eigenvalue weighted by Gasteiger charge is -2.34. The summed E-state index contributed by atoms with van der Waals surface area (Å²) in [4.78, 5) is 1.75. The standard InChI is InChI=1S/C21H23F2N3O3S/c1-24-13-17(16-4-2-3-5-20(16)24)21(27)14-25-8-10-26(11-9-25)30(28,29)15-6-7-18(22)19(23)12-15/h2-7,12-13,21,27H,8-11,14H2,1H3/t21-/m1/s1. The highest BCUT2D eigenvalue weighted by atomic mass is 32.2. The molecule has 3 aromatic rings. The lowest BCUT2D eigenvalue weighted by atomic mass is 10.1. The van der Waals surface area contributed by atoms with Crippen LogP contribution in [0.5, 0.6) is 0 Å². The van der Waals surface area contributed by atoms with E-state index in [1.165, 1.54) is 4.31 Å². The summed E-state index contributed by atoms with van der Waals surface area (Å²) in [6.45, 7) is 1.68. The summed E-state index contributed by atoms with van der Waals surface area (Å²) in [6, 6.07) is 10.4. The Labute approximate surface area is 174 Å². The first-order chi connectivity index (χ1) is 14.3. The zero-order valence-electron chi connectivity index (χ0n) is 16.5. The molecule has 9 heteroatoms. The van der Waals surface area contributed by atoms with Crippen LogP contribution in [0, 0.1) is 11.6 Å². The van der Waals surface area contributed by atoms with Gasteiger partial charge in [-0.15, -0.1) is 0 Å². The number of halogens is 2. The van der Waals surface area contributed by atoms with Crippen molar-refractivity contribution in [1.82, 2.24) is 13.8 Å². The smallest absolute Gasteiger partial charge is 0.243 e. The van der Waals surface area contributed by atoms with Gasteiger partial charge >= 0.3 is 0 Å². The number of benzene rings is 2. The molecule has 1 aromatic heterocycles. The molecule has 0 unspecified atom stereocenters. The Morgan fingerprint density at radius 3 is 2.43 bits per heavy atom. The van der Waals surface area contributed by atoms with E-state index in [1.54, 1.807) is 0 Å². The topological polar surface area (TPSA) is 65.8 Å². The molecule has 1 saturated heterocycles. The van der Waals surface area contributed by atoms with E-state index in [-0.39, 0.29) is 18.0 Å². The second kappa shape index (κ2) is 8.07. The minimum absolute atomic E-state index is 0.212. The van der Waals surface area contributed by atoms with E-state index in [1.807, 2.05) is 47.0 Å². The van der Waals surface area contributed by atoms with Crippen LogP contribution in [0.4, 0.5) is 8.78 Å². The molecule has 2 heterocycles. The summed E-state index contributed by atoms with van der Waals surface area (Å²) in [7, 11) is -1.97. The van der Waals surface area contributed by atoms with Crippen LogP contribution >= 0.6 is 0 Å². The summed E-state index contributed by atoms with van der Waals surface area (Å²) in [5.74, 6) is -2.27. The van der Waals surface area contributed by atoms with Crippen LogP contribution in [-0.4, -0.2) is 60.0 Å². The van der Waals surface area contributed by atoms with Crippen LogP contribution in [0.2, 0.25) is 0 Å². The van der Waals surface area contributed by atoms with E-state index in [4.69, 9.17) is 0 Å². The molecule has 4 rings (SSSR count). The molecule has 160 valence electrons. The number of β-amino-alcohol motifs (C(OH)–C–C–N with tert-alkyl or cyclic N) is 1. The third-order valence-electron chi connectivity index (χ3n) is 5.58. The molecule has 1 atom stereocenters. The maximum Gasteiger partial charge on any atom is 0.243 e. The van der Waals surface area contributed by atoms with E-state index in [9.17, 15) is 22.3 Å². The number of aliphatic hydroxyl groups excluding tert-OH is 1. The van der Waals surface area contributed by atoms with E-state index in [0.717, 1.165) is 28.6 Å². The normalized spacial score (nSPS) is 17.5. The number of aryl methyl sites for hydroxylation is 1. The first-order valence-corrected chi connectivity index (χ1v) is 11.1. The number of piperazine rings is 1. The molecule has 0 aliphatic carbocycles. The Hall–Kier alpha value is -2.33. The number of rotatable bonds is 5. The fraction of sp³-hybridized carbons (Fsp3) is 0.333. The Kier molecular flexibility index (Phi) is 5.63. The van der Waals surface area contributed by atoms with Crippen LogP contribution in [0.1, 0.15) is 11.7 Å². The molecule has 0 radical (unpaired) electrons. The van der Waals surface area contributed by atoms with Crippen LogP contribution in [0.3, 0.4) is 0 Å². The summed E-state index contributed by atoms with van der Waals surface area (Å²) in [5, 5.41) is 11.8. The molecular formula is C21H23F2N3O3S. The number of fused-ring (bicyclic) bond motifs is 1. The van der Waals surface area contributed by atoms with Gasteiger partial charge in [0.1, 0.15) is 0 Å². The highest BCUT2D eigenvalue weighted by Gasteiger charge is 2.30. The van der Waals surface area contributed by atoms with E-state index in [2.05, 4.69) is 0 Å². The van der Waals surface area contributed by atoms with Crippen molar-refractivity contribution < 1.29 is 22.3 Å². The molecule has 1 aliphatic rings. The van der Waals surface area contributed by atoms with E-state index < -0.39 is 27.8 Å². The van der Waals surface area contributed by atoms with Gasteiger partial charge in [0.2, 0.25) is 10.0 Å². The van der Waals surface area contributed by atoms with Gasteiger partial charge in [-0.2, -0.15) is 4.31 Å². The number of sulfonamides is 1.